The van der Waals surface area contributed by atoms with E-state index in [1.54, 1.807) is 0 Å². The van der Waals surface area contributed by atoms with Gasteiger partial charge in [-0.3, -0.25) is 0 Å². The summed E-state index contributed by atoms with van der Waals surface area (Å²) < 4.78 is 5.59. The summed E-state index contributed by atoms with van der Waals surface area (Å²) >= 11 is 11.9. The minimum atomic E-state index is 0.568. The smallest absolute Gasteiger partial charge is 0.0876 e. The number of hydrogen-bond donors (Lipinski definition) is 0. The highest BCUT2D eigenvalue weighted by Gasteiger charge is 2.66. The molecule has 0 unspecified atom stereocenters. The molecule has 2 saturated carbocycles. The molecule has 68 valence electrons. The van der Waals surface area contributed by atoms with Crippen LogP contribution in [0.3, 0.4) is 0 Å². The molecular formula is C9H12Cl2O. The van der Waals surface area contributed by atoms with Gasteiger partial charge in [-0.05, 0) is 30.1 Å². The van der Waals surface area contributed by atoms with Gasteiger partial charge >= 0.3 is 0 Å². The van der Waals surface area contributed by atoms with Gasteiger partial charge in [-0.25, -0.2) is 0 Å². The molecule has 3 rings (SSSR count). The van der Waals surface area contributed by atoms with Crippen LogP contribution >= 0.6 is 23.2 Å². The molecule has 0 radical (unpaired) electrons. The quantitative estimate of drug-likeness (QED) is 0.499. The molecule has 3 aliphatic rings. The number of halogens is 2. The predicted molar refractivity (Wildman–Crippen MR) is 48.7 cm³/mol. The van der Waals surface area contributed by atoms with E-state index in [1.807, 2.05) is 0 Å². The summed E-state index contributed by atoms with van der Waals surface area (Å²) in [5.74, 6) is 4.29. The summed E-state index contributed by atoms with van der Waals surface area (Å²) in [7, 11) is 0. The Morgan fingerprint density at radius 3 is 1.92 bits per heavy atom. The van der Waals surface area contributed by atoms with Crippen molar-refractivity contribution in [1.29, 1.82) is 0 Å². The lowest BCUT2D eigenvalue weighted by atomic mass is 9.81. The van der Waals surface area contributed by atoms with Gasteiger partial charge in [0.2, 0.25) is 0 Å². The van der Waals surface area contributed by atoms with Gasteiger partial charge in [0.1, 0.15) is 0 Å². The first-order chi connectivity index (χ1) is 5.86. The third-order valence-electron chi connectivity index (χ3n) is 3.96. The van der Waals surface area contributed by atoms with Crippen LogP contribution in [0.4, 0.5) is 0 Å². The molecule has 1 nitrogen and oxygen atoms in total. The van der Waals surface area contributed by atoms with Crippen molar-refractivity contribution in [1.82, 2.24) is 0 Å². The zero-order valence-corrected chi connectivity index (χ0v) is 8.26. The Labute approximate surface area is 82.4 Å². The third kappa shape index (κ3) is 0.804. The molecule has 6 atom stereocenters. The number of alkyl halides is 2. The summed E-state index contributed by atoms with van der Waals surface area (Å²) in [6.45, 7) is 0. The SMILES string of the molecule is ClC[C@H]1[C@H](CCl)[C@@H]2C[C@H]1[C@H]1O[C@@H]21. The largest absolute Gasteiger partial charge is 0.369 e. The Kier molecular flexibility index (Phi) is 1.66. The van der Waals surface area contributed by atoms with Gasteiger partial charge in [-0.2, -0.15) is 0 Å². The Hall–Kier alpha value is 0.540. The lowest BCUT2D eigenvalue weighted by molar-refractivity contribution is 0.253. The van der Waals surface area contributed by atoms with Crippen LogP contribution in [0.15, 0.2) is 0 Å². The summed E-state index contributed by atoms with van der Waals surface area (Å²) in [4.78, 5) is 0. The van der Waals surface area contributed by atoms with E-state index in [-0.39, 0.29) is 0 Å². The third-order valence-corrected chi connectivity index (χ3v) is 4.67. The van der Waals surface area contributed by atoms with Crippen LogP contribution in [-0.4, -0.2) is 24.0 Å². The number of hydrogen-bond acceptors (Lipinski definition) is 1. The maximum Gasteiger partial charge on any atom is 0.0876 e. The van der Waals surface area contributed by atoms with E-state index in [2.05, 4.69) is 0 Å². The molecule has 0 aromatic rings. The first-order valence-corrected chi connectivity index (χ1v) is 5.71. The van der Waals surface area contributed by atoms with Crippen LogP contribution < -0.4 is 0 Å². The molecule has 2 bridgehead atoms. The molecule has 0 aromatic carbocycles. The van der Waals surface area contributed by atoms with E-state index in [1.165, 1.54) is 6.42 Å². The molecule has 1 saturated heterocycles. The fourth-order valence-corrected chi connectivity index (χ4v) is 4.25. The van der Waals surface area contributed by atoms with Gasteiger partial charge in [0.15, 0.2) is 0 Å². The fraction of sp³-hybridized carbons (Fsp3) is 1.00. The molecule has 12 heavy (non-hydrogen) atoms. The maximum absolute atomic E-state index is 5.94. The van der Waals surface area contributed by atoms with Gasteiger partial charge in [-0.1, -0.05) is 0 Å². The zero-order valence-electron chi connectivity index (χ0n) is 6.75. The first kappa shape index (κ1) is 7.90. The Bertz CT molecular complexity index is 189. The number of fused-ring (bicyclic) bond motifs is 5. The molecule has 0 aromatic heterocycles. The van der Waals surface area contributed by atoms with Gasteiger partial charge < -0.3 is 4.74 Å². The molecule has 3 heteroatoms. The summed E-state index contributed by atoms with van der Waals surface area (Å²) in [5.41, 5.74) is 0. The van der Waals surface area contributed by atoms with Crippen molar-refractivity contribution in [2.45, 2.75) is 18.6 Å². The standard InChI is InChI=1S/C9H12Cl2O/c10-2-6-4-1-5(7(6)3-11)9-8(4)12-9/h4-9H,1-3H2/t4-,5+,6-,7-,8-,9+/m1/s1. The fourth-order valence-electron chi connectivity index (χ4n) is 3.34. The molecule has 1 aliphatic heterocycles. The normalized spacial score (nSPS) is 60.5. The van der Waals surface area contributed by atoms with Crippen molar-refractivity contribution in [3.8, 4) is 0 Å². The van der Waals surface area contributed by atoms with Gasteiger partial charge in [0.25, 0.3) is 0 Å². The first-order valence-electron chi connectivity index (χ1n) is 4.64. The van der Waals surface area contributed by atoms with E-state index >= 15 is 0 Å². The Balaban J connectivity index is 1.86. The monoisotopic (exact) mass is 206 g/mol. The van der Waals surface area contributed by atoms with E-state index < -0.39 is 0 Å². The molecule has 2 aliphatic carbocycles. The highest BCUT2D eigenvalue weighted by molar-refractivity contribution is 6.19. The van der Waals surface area contributed by atoms with Crippen LogP contribution in [0.1, 0.15) is 6.42 Å². The zero-order chi connectivity index (χ0) is 8.29. The average Bonchev–Trinajstić information content (AvgIpc) is 2.73. The predicted octanol–water partition coefficient (Wildman–Crippen LogP) is 2.11. The van der Waals surface area contributed by atoms with Crippen molar-refractivity contribution in [2.24, 2.45) is 23.7 Å². The summed E-state index contributed by atoms with van der Waals surface area (Å²) in [6, 6.07) is 0. The van der Waals surface area contributed by atoms with E-state index in [4.69, 9.17) is 27.9 Å². The van der Waals surface area contributed by atoms with Crippen molar-refractivity contribution in [2.75, 3.05) is 11.8 Å². The summed E-state index contributed by atoms with van der Waals surface area (Å²) in [6.07, 6.45) is 2.46. The number of epoxide rings is 1. The van der Waals surface area contributed by atoms with Gasteiger partial charge in [-0.15, -0.1) is 23.2 Å². The van der Waals surface area contributed by atoms with Crippen LogP contribution in [0.25, 0.3) is 0 Å². The van der Waals surface area contributed by atoms with Crippen LogP contribution in [0.5, 0.6) is 0 Å². The second-order valence-corrected chi connectivity index (χ2v) is 4.88. The average molecular weight is 207 g/mol. The van der Waals surface area contributed by atoms with Crippen molar-refractivity contribution in [3.05, 3.63) is 0 Å². The van der Waals surface area contributed by atoms with E-state index in [9.17, 15) is 0 Å². The highest BCUT2D eigenvalue weighted by atomic mass is 35.5. The van der Waals surface area contributed by atoms with Crippen LogP contribution in [-0.2, 0) is 4.74 Å². The second kappa shape index (κ2) is 2.52. The maximum atomic E-state index is 5.94. The highest BCUT2D eigenvalue weighted by Crippen LogP contribution is 2.61. The van der Waals surface area contributed by atoms with E-state index in [0.29, 0.717) is 24.0 Å². The topological polar surface area (TPSA) is 12.5 Å². The Morgan fingerprint density at radius 2 is 1.50 bits per heavy atom. The van der Waals surface area contributed by atoms with Crippen LogP contribution in [0.2, 0.25) is 0 Å². The molecule has 0 amide bonds. The van der Waals surface area contributed by atoms with E-state index in [0.717, 1.165) is 23.6 Å². The van der Waals surface area contributed by atoms with Crippen molar-refractivity contribution < 1.29 is 4.74 Å². The number of ether oxygens (including phenoxy) is 1. The lowest BCUT2D eigenvalue weighted by Crippen LogP contribution is -2.29. The minimum absolute atomic E-state index is 0.568. The molecule has 0 N–H and O–H groups in total. The second-order valence-electron chi connectivity index (χ2n) is 4.27. The lowest BCUT2D eigenvalue weighted by Gasteiger charge is -2.24. The van der Waals surface area contributed by atoms with Crippen LogP contribution in [0, 0.1) is 23.7 Å². The Morgan fingerprint density at radius 1 is 1.00 bits per heavy atom. The van der Waals surface area contributed by atoms with Gasteiger partial charge in [0.05, 0.1) is 12.2 Å². The van der Waals surface area contributed by atoms with Crippen molar-refractivity contribution >= 4 is 23.2 Å². The molecule has 3 fully saturated rings. The molecule has 1 heterocycles. The van der Waals surface area contributed by atoms with Gasteiger partial charge in [0, 0.05) is 11.8 Å². The number of rotatable bonds is 2. The van der Waals surface area contributed by atoms with Crippen molar-refractivity contribution in [3.63, 3.8) is 0 Å². The molecular weight excluding hydrogens is 195 g/mol. The minimum Gasteiger partial charge on any atom is -0.369 e. The molecule has 0 spiro atoms. The summed E-state index contributed by atoms with van der Waals surface area (Å²) in [5, 5.41) is 0.